The predicted molar refractivity (Wildman–Crippen MR) is 89.9 cm³/mol. The van der Waals surface area contributed by atoms with Crippen molar-refractivity contribution in [3.8, 4) is 11.3 Å². The Bertz CT molecular complexity index is 660. The number of benzene rings is 1. The number of rotatable bonds is 7. The first kappa shape index (κ1) is 16.5. The van der Waals surface area contributed by atoms with Crippen molar-refractivity contribution < 1.29 is 4.74 Å². The van der Waals surface area contributed by atoms with Crippen molar-refractivity contribution in [3.63, 3.8) is 0 Å². The Kier molecular flexibility index (Phi) is 5.92. The fraction of sp³-hybridized carbons (Fsp3) is 0.389. The minimum Gasteiger partial charge on any atom is -0.385 e. The van der Waals surface area contributed by atoms with Gasteiger partial charge in [0.2, 0.25) is 0 Å². The lowest BCUT2D eigenvalue weighted by atomic mass is 10.1. The molecule has 0 bridgehead atoms. The van der Waals surface area contributed by atoms with Crippen LogP contribution >= 0.6 is 0 Å². The zero-order valence-electron chi connectivity index (χ0n) is 13.3. The van der Waals surface area contributed by atoms with Crippen LogP contribution in [0.3, 0.4) is 0 Å². The third-order valence-electron chi connectivity index (χ3n) is 3.86. The van der Waals surface area contributed by atoms with E-state index in [1.165, 1.54) is 5.56 Å². The summed E-state index contributed by atoms with van der Waals surface area (Å²) in [5.74, 6) is 0. The Balaban J connectivity index is 2.43. The van der Waals surface area contributed by atoms with Crippen molar-refractivity contribution >= 4 is 0 Å². The number of hydrogen-bond donors (Lipinski definition) is 1. The topological polar surface area (TPSA) is 57.2 Å². The average molecular weight is 300 g/mol. The maximum absolute atomic E-state index is 12.6. The first-order valence-electron chi connectivity index (χ1n) is 7.72. The summed E-state index contributed by atoms with van der Waals surface area (Å²) in [5, 5.41) is 0. The van der Waals surface area contributed by atoms with Crippen LogP contribution in [-0.2, 0) is 24.2 Å². The molecule has 4 nitrogen and oxygen atoms in total. The van der Waals surface area contributed by atoms with E-state index >= 15 is 0 Å². The molecule has 118 valence electrons. The molecule has 0 aliphatic heterocycles. The average Bonchev–Trinajstić information content (AvgIpc) is 2.56. The lowest BCUT2D eigenvalue weighted by molar-refractivity contribution is 0.190. The standard InChI is InChI=1S/C18H24N2O2/c1-3-14-5-7-15(8-6-14)17-10-9-16(13-19)18(21)20(17)11-4-12-22-2/h5-10H,3-4,11-13,19H2,1-2H3. The number of hydrogen-bond acceptors (Lipinski definition) is 3. The highest BCUT2D eigenvalue weighted by Crippen LogP contribution is 2.20. The van der Waals surface area contributed by atoms with E-state index in [9.17, 15) is 4.79 Å². The van der Waals surface area contributed by atoms with Crippen LogP contribution < -0.4 is 11.3 Å². The summed E-state index contributed by atoms with van der Waals surface area (Å²) in [4.78, 5) is 12.6. The van der Waals surface area contributed by atoms with Gasteiger partial charge in [0.05, 0.1) is 5.69 Å². The second-order valence-corrected chi connectivity index (χ2v) is 5.30. The van der Waals surface area contributed by atoms with Gasteiger partial charge < -0.3 is 15.0 Å². The molecule has 0 atom stereocenters. The predicted octanol–water partition coefficient (Wildman–Crippen LogP) is 2.57. The molecule has 0 aliphatic carbocycles. The van der Waals surface area contributed by atoms with Crippen LogP contribution in [0.25, 0.3) is 11.3 Å². The van der Waals surface area contributed by atoms with E-state index in [2.05, 4.69) is 31.2 Å². The monoisotopic (exact) mass is 300 g/mol. The molecule has 0 spiro atoms. The molecule has 0 saturated carbocycles. The fourth-order valence-corrected chi connectivity index (χ4v) is 2.53. The van der Waals surface area contributed by atoms with Crippen LogP contribution in [0.2, 0.25) is 0 Å². The first-order chi connectivity index (χ1) is 10.7. The van der Waals surface area contributed by atoms with Crippen molar-refractivity contribution in [1.29, 1.82) is 0 Å². The molecule has 2 rings (SSSR count). The quantitative estimate of drug-likeness (QED) is 0.800. The smallest absolute Gasteiger partial charge is 0.255 e. The van der Waals surface area contributed by atoms with Gasteiger partial charge in [-0.15, -0.1) is 0 Å². The molecule has 1 aromatic carbocycles. The molecular weight excluding hydrogens is 276 g/mol. The molecule has 0 amide bonds. The molecule has 0 saturated heterocycles. The van der Waals surface area contributed by atoms with Crippen LogP contribution in [0.1, 0.15) is 24.5 Å². The van der Waals surface area contributed by atoms with Crippen molar-refractivity contribution in [2.24, 2.45) is 5.73 Å². The third kappa shape index (κ3) is 3.64. The molecule has 4 heteroatoms. The lowest BCUT2D eigenvalue weighted by Crippen LogP contribution is -2.27. The van der Waals surface area contributed by atoms with Crippen LogP contribution in [-0.4, -0.2) is 18.3 Å². The molecular formula is C18H24N2O2. The minimum absolute atomic E-state index is 0.00401. The van der Waals surface area contributed by atoms with Crippen molar-refractivity contribution in [3.05, 3.63) is 57.9 Å². The fourth-order valence-electron chi connectivity index (χ4n) is 2.53. The molecule has 1 heterocycles. The maximum Gasteiger partial charge on any atom is 0.255 e. The van der Waals surface area contributed by atoms with Crippen molar-refractivity contribution in [1.82, 2.24) is 4.57 Å². The number of aromatic nitrogens is 1. The van der Waals surface area contributed by atoms with E-state index in [0.29, 0.717) is 18.7 Å². The van der Waals surface area contributed by atoms with Gasteiger partial charge in [-0.2, -0.15) is 0 Å². The zero-order valence-corrected chi connectivity index (χ0v) is 13.3. The molecule has 0 fully saturated rings. The van der Waals surface area contributed by atoms with Gasteiger partial charge in [0, 0.05) is 32.4 Å². The molecule has 0 aliphatic rings. The van der Waals surface area contributed by atoms with E-state index in [-0.39, 0.29) is 12.1 Å². The summed E-state index contributed by atoms with van der Waals surface area (Å²) in [6, 6.07) is 12.2. The summed E-state index contributed by atoms with van der Waals surface area (Å²) in [6.45, 7) is 3.66. The summed E-state index contributed by atoms with van der Waals surface area (Å²) in [6.07, 6.45) is 1.80. The van der Waals surface area contributed by atoms with Crippen LogP contribution in [0.5, 0.6) is 0 Å². The van der Waals surface area contributed by atoms with E-state index in [1.54, 1.807) is 7.11 Å². The lowest BCUT2D eigenvalue weighted by Gasteiger charge is -2.15. The molecule has 22 heavy (non-hydrogen) atoms. The van der Waals surface area contributed by atoms with Gasteiger partial charge in [-0.05, 0) is 30.0 Å². The number of nitrogens with zero attached hydrogens (tertiary/aromatic N) is 1. The van der Waals surface area contributed by atoms with Crippen LogP contribution in [0.4, 0.5) is 0 Å². The second kappa shape index (κ2) is 7.92. The highest BCUT2D eigenvalue weighted by Gasteiger charge is 2.09. The second-order valence-electron chi connectivity index (χ2n) is 5.30. The maximum atomic E-state index is 12.6. The Morgan fingerprint density at radius 1 is 1.14 bits per heavy atom. The molecule has 1 aromatic heterocycles. The van der Waals surface area contributed by atoms with Crippen LogP contribution in [0, 0.1) is 0 Å². The number of aryl methyl sites for hydroxylation is 1. The summed E-state index contributed by atoms with van der Waals surface area (Å²) >= 11 is 0. The van der Waals surface area contributed by atoms with Crippen LogP contribution in [0.15, 0.2) is 41.2 Å². The Labute approximate surface area is 131 Å². The normalized spacial score (nSPS) is 10.9. The Morgan fingerprint density at radius 3 is 2.45 bits per heavy atom. The Hall–Kier alpha value is -1.91. The SMILES string of the molecule is CCc1ccc(-c2ccc(CN)c(=O)n2CCCOC)cc1. The Morgan fingerprint density at radius 2 is 1.86 bits per heavy atom. The van der Waals surface area contributed by atoms with Gasteiger partial charge >= 0.3 is 0 Å². The van der Waals surface area contributed by atoms with Gasteiger partial charge in [-0.1, -0.05) is 37.3 Å². The third-order valence-corrected chi connectivity index (χ3v) is 3.86. The molecule has 0 unspecified atom stereocenters. The van der Waals surface area contributed by atoms with E-state index < -0.39 is 0 Å². The number of pyridine rings is 1. The van der Waals surface area contributed by atoms with E-state index in [0.717, 1.165) is 24.1 Å². The van der Waals surface area contributed by atoms with Gasteiger partial charge in [-0.3, -0.25) is 4.79 Å². The van der Waals surface area contributed by atoms with E-state index in [4.69, 9.17) is 10.5 Å². The number of nitrogens with two attached hydrogens (primary N) is 1. The number of methoxy groups -OCH3 is 1. The summed E-state index contributed by atoms with van der Waals surface area (Å²) in [5.41, 5.74) is 9.57. The summed E-state index contributed by atoms with van der Waals surface area (Å²) in [7, 11) is 1.67. The van der Waals surface area contributed by atoms with Gasteiger partial charge in [0.15, 0.2) is 0 Å². The van der Waals surface area contributed by atoms with Gasteiger partial charge in [-0.25, -0.2) is 0 Å². The zero-order chi connectivity index (χ0) is 15.9. The molecule has 0 radical (unpaired) electrons. The first-order valence-corrected chi connectivity index (χ1v) is 7.72. The molecule has 2 N–H and O–H groups in total. The number of ether oxygens (including phenoxy) is 1. The highest BCUT2D eigenvalue weighted by molar-refractivity contribution is 5.60. The van der Waals surface area contributed by atoms with Crippen molar-refractivity contribution in [2.75, 3.05) is 13.7 Å². The minimum atomic E-state index is -0.00401. The largest absolute Gasteiger partial charge is 0.385 e. The van der Waals surface area contributed by atoms with E-state index in [1.807, 2.05) is 16.7 Å². The highest BCUT2D eigenvalue weighted by atomic mass is 16.5. The van der Waals surface area contributed by atoms with Gasteiger partial charge in [0.1, 0.15) is 0 Å². The summed E-state index contributed by atoms with van der Waals surface area (Å²) < 4.78 is 6.90. The van der Waals surface area contributed by atoms with Crippen molar-refractivity contribution in [2.45, 2.75) is 32.9 Å². The van der Waals surface area contributed by atoms with Gasteiger partial charge in [0.25, 0.3) is 5.56 Å². The molecule has 2 aromatic rings.